The van der Waals surface area contributed by atoms with Crippen molar-refractivity contribution in [2.24, 2.45) is 0 Å². The van der Waals surface area contributed by atoms with Crippen molar-refractivity contribution < 1.29 is 4.74 Å². The molecule has 2 heterocycles. The van der Waals surface area contributed by atoms with Crippen molar-refractivity contribution in [2.75, 3.05) is 13.2 Å². The molecule has 0 spiro atoms. The smallest absolute Gasteiger partial charge is 0.145 e. The summed E-state index contributed by atoms with van der Waals surface area (Å²) in [6.45, 7) is 2.02. The van der Waals surface area contributed by atoms with Crippen LogP contribution in [0.1, 0.15) is 35.6 Å². The first kappa shape index (κ1) is 14.1. The van der Waals surface area contributed by atoms with Crippen molar-refractivity contribution in [1.82, 2.24) is 9.78 Å². The highest BCUT2D eigenvalue weighted by atomic mass is 35.5. The van der Waals surface area contributed by atoms with Crippen molar-refractivity contribution in [3.63, 3.8) is 0 Å². The monoisotopic (exact) mass is 301 g/mol. The van der Waals surface area contributed by atoms with Gasteiger partial charge >= 0.3 is 0 Å². The Morgan fingerprint density at radius 1 is 1.29 bits per heavy atom. The maximum Gasteiger partial charge on any atom is 0.145 e. The zero-order chi connectivity index (χ0) is 14.7. The third kappa shape index (κ3) is 2.94. The van der Waals surface area contributed by atoms with E-state index in [0.717, 1.165) is 37.3 Å². The molecule has 3 rings (SSSR count). The third-order valence-corrected chi connectivity index (χ3v) is 4.20. The van der Waals surface area contributed by atoms with Gasteiger partial charge in [0, 0.05) is 19.1 Å². The molecule has 0 amide bonds. The van der Waals surface area contributed by atoms with Crippen LogP contribution in [0.15, 0.2) is 30.3 Å². The Morgan fingerprint density at radius 3 is 2.67 bits per heavy atom. The molecule has 0 unspecified atom stereocenters. The largest absolute Gasteiger partial charge is 0.381 e. The van der Waals surface area contributed by atoms with Gasteiger partial charge in [0.2, 0.25) is 0 Å². The molecule has 0 saturated carbocycles. The Labute approximate surface area is 128 Å². The Hall–Kier alpha value is -1.83. The van der Waals surface area contributed by atoms with Crippen molar-refractivity contribution >= 4 is 11.6 Å². The van der Waals surface area contributed by atoms with Crippen LogP contribution in [0.3, 0.4) is 0 Å². The first-order valence-electron chi connectivity index (χ1n) is 7.07. The number of halogens is 1. The van der Waals surface area contributed by atoms with E-state index in [4.69, 9.17) is 16.3 Å². The summed E-state index contributed by atoms with van der Waals surface area (Å²) in [5.74, 6) is 0.267. The van der Waals surface area contributed by atoms with Crippen LogP contribution >= 0.6 is 11.6 Å². The molecule has 1 aliphatic heterocycles. The Balaban J connectivity index is 1.91. The molecular weight excluding hydrogens is 286 g/mol. The minimum absolute atomic E-state index is 0.267. The van der Waals surface area contributed by atoms with E-state index in [0.29, 0.717) is 17.3 Å². The fraction of sp³-hybridized carbons (Fsp3) is 0.375. The molecule has 0 atom stereocenters. The predicted octanol–water partition coefficient (Wildman–Crippen LogP) is 3.35. The Morgan fingerprint density at radius 2 is 2.00 bits per heavy atom. The Kier molecular flexibility index (Phi) is 4.23. The van der Waals surface area contributed by atoms with Gasteiger partial charge in [0.25, 0.3) is 0 Å². The van der Waals surface area contributed by atoms with Crippen LogP contribution in [0.2, 0.25) is 5.15 Å². The maximum absolute atomic E-state index is 9.39. The molecule has 0 aliphatic carbocycles. The van der Waals surface area contributed by atoms with Crippen molar-refractivity contribution in [3.8, 4) is 6.07 Å². The van der Waals surface area contributed by atoms with E-state index in [1.807, 2.05) is 30.3 Å². The minimum atomic E-state index is 0.267. The van der Waals surface area contributed by atoms with Gasteiger partial charge in [-0.15, -0.1) is 0 Å². The summed E-state index contributed by atoms with van der Waals surface area (Å²) in [5.41, 5.74) is 2.45. The number of ether oxygens (including phenoxy) is 1. The topological polar surface area (TPSA) is 50.8 Å². The average Bonchev–Trinajstić information content (AvgIpc) is 2.85. The zero-order valence-electron chi connectivity index (χ0n) is 11.6. The van der Waals surface area contributed by atoms with Crippen LogP contribution in [0.5, 0.6) is 0 Å². The van der Waals surface area contributed by atoms with Gasteiger partial charge in [-0.1, -0.05) is 41.9 Å². The highest BCUT2D eigenvalue weighted by Crippen LogP contribution is 2.32. The first-order chi connectivity index (χ1) is 10.3. The highest BCUT2D eigenvalue weighted by molar-refractivity contribution is 6.30. The second kappa shape index (κ2) is 6.30. The van der Waals surface area contributed by atoms with Crippen LogP contribution in [0, 0.1) is 11.3 Å². The standard InChI is InChI=1S/C16H16ClN3O/c17-16-14(10-18)15(13-6-8-21-9-7-13)19-20(16)11-12-4-2-1-3-5-12/h1-5,13H,6-9,11H2. The number of hydrogen-bond donors (Lipinski definition) is 0. The number of aromatic nitrogens is 2. The molecular formula is C16H16ClN3O. The summed E-state index contributed by atoms with van der Waals surface area (Å²) in [4.78, 5) is 0. The molecule has 4 nitrogen and oxygen atoms in total. The number of rotatable bonds is 3. The second-order valence-corrected chi connectivity index (χ2v) is 5.55. The summed E-state index contributed by atoms with van der Waals surface area (Å²) < 4.78 is 7.10. The molecule has 0 N–H and O–H groups in total. The zero-order valence-corrected chi connectivity index (χ0v) is 12.4. The normalized spacial score (nSPS) is 15.8. The van der Waals surface area contributed by atoms with Crippen LogP contribution in [0.4, 0.5) is 0 Å². The molecule has 0 radical (unpaired) electrons. The molecule has 1 aliphatic rings. The van der Waals surface area contributed by atoms with E-state index in [2.05, 4.69) is 11.2 Å². The van der Waals surface area contributed by atoms with E-state index in [-0.39, 0.29) is 5.92 Å². The molecule has 1 aromatic heterocycles. The van der Waals surface area contributed by atoms with Crippen molar-refractivity contribution in [1.29, 1.82) is 5.26 Å². The van der Waals surface area contributed by atoms with Crippen LogP contribution in [0.25, 0.3) is 0 Å². The van der Waals surface area contributed by atoms with Crippen molar-refractivity contribution in [3.05, 3.63) is 52.3 Å². The summed E-state index contributed by atoms with van der Waals surface area (Å²) in [5, 5.41) is 14.4. The SMILES string of the molecule is N#Cc1c(C2CCOCC2)nn(Cc2ccccc2)c1Cl. The lowest BCUT2D eigenvalue weighted by Crippen LogP contribution is -2.15. The molecule has 5 heteroatoms. The minimum Gasteiger partial charge on any atom is -0.381 e. The lowest BCUT2D eigenvalue weighted by Gasteiger charge is -2.20. The van der Waals surface area contributed by atoms with Gasteiger partial charge in [-0.05, 0) is 18.4 Å². The van der Waals surface area contributed by atoms with E-state index < -0.39 is 0 Å². The van der Waals surface area contributed by atoms with Gasteiger partial charge in [0.05, 0.1) is 12.2 Å². The summed E-state index contributed by atoms with van der Waals surface area (Å²) in [6.07, 6.45) is 1.79. The maximum atomic E-state index is 9.39. The number of hydrogen-bond acceptors (Lipinski definition) is 3. The van der Waals surface area contributed by atoms with E-state index in [1.54, 1.807) is 4.68 Å². The van der Waals surface area contributed by atoms with E-state index in [1.165, 1.54) is 0 Å². The number of nitriles is 1. The van der Waals surface area contributed by atoms with Gasteiger partial charge < -0.3 is 4.74 Å². The van der Waals surface area contributed by atoms with Crippen LogP contribution in [-0.2, 0) is 11.3 Å². The average molecular weight is 302 g/mol. The lowest BCUT2D eigenvalue weighted by atomic mass is 9.94. The quantitative estimate of drug-likeness (QED) is 0.873. The number of benzene rings is 1. The molecule has 1 saturated heterocycles. The Bertz CT molecular complexity index is 654. The molecule has 108 valence electrons. The van der Waals surface area contributed by atoms with Crippen molar-refractivity contribution in [2.45, 2.75) is 25.3 Å². The summed E-state index contributed by atoms with van der Waals surface area (Å²) >= 11 is 6.35. The highest BCUT2D eigenvalue weighted by Gasteiger charge is 2.25. The summed E-state index contributed by atoms with van der Waals surface area (Å²) in [7, 11) is 0. The predicted molar refractivity (Wildman–Crippen MR) is 80.3 cm³/mol. The van der Waals surface area contributed by atoms with Crippen LogP contribution in [-0.4, -0.2) is 23.0 Å². The van der Waals surface area contributed by atoms with Gasteiger partial charge in [-0.25, -0.2) is 4.68 Å². The van der Waals surface area contributed by atoms with E-state index >= 15 is 0 Å². The fourth-order valence-corrected chi connectivity index (χ4v) is 2.92. The summed E-state index contributed by atoms with van der Waals surface area (Å²) in [6, 6.07) is 12.2. The van der Waals surface area contributed by atoms with Gasteiger partial charge in [-0.3, -0.25) is 0 Å². The molecule has 1 aromatic carbocycles. The molecule has 2 aromatic rings. The first-order valence-corrected chi connectivity index (χ1v) is 7.45. The number of nitrogens with zero attached hydrogens (tertiary/aromatic N) is 3. The molecule has 1 fully saturated rings. The molecule has 0 bridgehead atoms. The third-order valence-electron chi connectivity index (χ3n) is 3.81. The fourth-order valence-electron chi connectivity index (χ4n) is 2.68. The van der Waals surface area contributed by atoms with Gasteiger partial charge in [-0.2, -0.15) is 10.4 Å². The van der Waals surface area contributed by atoms with Crippen LogP contribution < -0.4 is 0 Å². The van der Waals surface area contributed by atoms with Gasteiger partial charge in [0.1, 0.15) is 16.8 Å². The van der Waals surface area contributed by atoms with Gasteiger partial charge in [0.15, 0.2) is 0 Å². The molecule has 21 heavy (non-hydrogen) atoms. The lowest BCUT2D eigenvalue weighted by molar-refractivity contribution is 0.0843. The van der Waals surface area contributed by atoms with E-state index in [9.17, 15) is 5.26 Å². The second-order valence-electron chi connectivity index (χ2n) is 5.19.